The maximum Gasteiger partial charge on any atom is 0.243 e. The van der Waals surface area contributed by atoms with Crippen LogP contribution in [0.5, 0.6) is 5.75 Å². The van der Waals surface area contributed by atoms with Gasteiger partial charge in [0.2, 0.25) is 5.91 Å². The fraction of sp³-hybridized carbons (Fsp3) is 0.381. The highest BCUT2D eigenvalue weighted by molar-refractivity contribution is 5.93. The van der Waals surface area contributed by atoms with Crippen LogP contribution in [0, 0.1) is 19.8 Å². The molecule has 2 N–H and O–H groups in total. The highest BCUT2D eigenvalue weighted by Crippen LogP contribution is 2.18. The van der Waals surface area contributed by atoms with Gasteiger partial charge in [-0.1, -0.05) is 26.0 Å². The van der Waals surface area contributed by atoms with Crippen LogP contribution in [-0.4, -0.2) is 19.1 Å². The van der Waals surface area contributed by atoms with E-state index in [1.807, 2.05) is 50.2 Å². The van der Waals surface area contributed by atoms with Crippen LogP contribution in [0.25, 0.3) is 0 Å². The molecule has 2 aromatic rings. The average Bonchev–Trinajstić information content (AvgIpc) is 2.52. The maximum absolute atomic E-state index is 12.1. The molecule has 0 saturated heterocycles. The third-order valence-corrected chi connectivity index (χ3v) is 3.76. The van der Waals surface area contributed by atoms with Crippen LogP contribution < -0.4 is 15.4 Å². The molecule has 0 aromatic heterocycles. The van der Waals surface area contributed by atoms with Gasteiger partial charge in [-0.25, -0.2) is 0 Å². The molecular formula is C21H28N2O2. The summed E-state index contributed by atoms with van der Waals surface area (Å²) in [6.07, 6.45) is 1.02. The first-order chi connectivity index (χ1) is 11.9. The van der Waals surface area contributed by atoms with Gasteiger partial charge in [-0.2, -0.15) is 0 Å². The standard InChI is InChI=1S/C21H28N2O2/c1-15(2)8-9-25-20-7-5-6-18(13-20)22-14-21(24)23-19-11-16(3)10-17(4)12-19/h5-7,10-13,15,22H,8-9,14H2,1-4H3,(H,23,24). The van der Waals surface area contributed by atoms with E-state index in [0.717, 1.165) is 34.7 Å². The zero-order chi connectivity index (χ0) is 18.2. The van der Waals surface area contributed by atoms with Gasteiger partial charge in [0.1, 0.15) is 5.75 Å². The van der Waals surface area contributed by atoms with E-state index >= 15 is 0 Å². The van der Waals surface area contributed by atoms with E-state index in [0.29, 0.717) is 12.5 Å². The molecule has 0 fully saturated rings. The Morgan fingerprint density at radius 2 is 1.76 bits per heavy atom. The largest absolute Gasteiger partial charge is 0.494 e. The molecule has 0 aliphatic carbocycles. The van der Waals surface area contributed by atoms with Gasteiger partial charge in [-0.05, 0) is 61.6 Å². The zero-order valence-electron chi connectivity index (χ0n) is 15.6. The molecule has 0 saturated carbocycles. The SMILES string of the molecule is Cc1cc(C)cc(NC(=O)CNc2cccc(OCCC(C)C)c2)c1. The van der Waals surface area contributed by atoms with Crippen molar-refractivity contribution in [2.75, 3.05) is 23.8 Å². The Kier molecular flexibility index (Phi) is 6.87. The summed E-state index contributed by atoms with van der Waals surface area (Å²) < 4.78 is 5.75. The molecule has 1 amide bonds. The zero-order valence-corrected chi connectivity index (χ0v) is 15.6. The Bertz CT molecular complexity index is 691. The van der Waals surface area contributed by atoms with Crippen LogP contribution in [0.15, 0.2) is 42.5 Å². The summed E-state index contributed by atoms with van der Waals surface area (Å²) in [6, 6.07) is 13.7. The third kappa shape index (κ3) is 6.87. The van der Waals surface area contributed by atoms with Gasteiger partial charge in [0.15, 0.2) is 0 Å². The van der Waals surface area contributed by atoms with Gasteiger partial charge in [0.05, 0.1) is 13.2 Å². The number of carbonyl (C=O) groups excluding carboxylic acids is 1. The quantitative estimate of drug-likeness (QED) is 0.727. The van der Waals surface area contributed by atoms with E-state index in [-0.39, 0.29) is 12.5 Å². The first-order valence-electron chi connectivity index (χ1n) is 8.77. The molecule has 25 heavy (non-hydrogen) atoms. The molecule has 134 valence electrons. The fourth-order valence-corrected chi connectivity index (χ4v) is 2.54. The first-order valence-corrected chi connectivity index (χ1v) is 8.77. The number of nitrogens with one attached hydrogen (secondary N) is 2. The molecule has 0 aliphatic rings. The highest BCUT2D eigenvalue weighted by atomic mass is 16.5. The lowest BCUT2D eigenvalue weighted by Gasteiger charge is -2.11. The van der Waals surface area contributed by atoms with Crippen molar-refractivity contribution in [1.29, 1.82) is 0 Å². The Morgan fingerprint density at radius 3 is 2.44 bits per heavy atom. The number of carbonyl (C=O) groups is 1. The summed E-state index contributed by atoms with van der Waals surface area (Å²) in [6.45, 7) is 9.31. The molecule has 0 unspecified atom stereocenters. The monoisotopic (exact) mass is 340 g/mol. The van der Waals surface area contributed by atoms with E-state index in [1.54, 1.807) is 0 Å². The molecule has 2 rings (SSSR count). The lowest BCUT2D eigenvalue weighted by Crippen LogP contribution is -2.21. The van der Waals surface area contributed by atoms with E-state index in [2.05, 4.69) is 30.5 Å². The summed E-state index contributed by atoms with van der Waals surface area (Å²) in [7, 11) is 0. The van der Waals surface area contributed by atoms with Crippen molar-refractivity contribution >= 4 is 17.3 Å². The van der Waals surface area contributed by atoms with Crippen molar-refractivity contribution in [3.63, 3.8) is 0 Å². The second kappa shape index (κ2) is 9.11. The summed E-state index contributed by atoms with van der Waals surface area (Å²) in [5, 5.41) is 6.06. The van der Waals surface area contributed by atoms with Gasteiger partial charge in [-0.3, -0.25) is 4.79 Å². The van der Waals surface area contributed by atoms with Crippen LogP contribution in [0.4, 0.5) is 11.4 Å². The highest BCUT2D eigenvalue weighted by Gasteiger charge is 2.04. The topological polar surface area (TPSA) is 50.4 Å². The van der Waals surface area contributed by atoms with Crippen LogP contribution >= 0.6 is 0 Å². The van der Waals surface area contributed by atoms with Gasteiger partial charge in [0.25, 0.3) is 0 Å². The van der Waals surface area contributed by atoms with Crippen molar-refractivity contribution < 1.29 is 9.53 Å². The van der Waals surface area contributed by atoms with Crippen LogP contribution in [0.3, 0.4) is 0 Å². The van der Waals surface area contributed by atoms with E-state index in [9.17, 15) is 4.79 Å². The lowest BCUT2D eigenvalue weighted by atomic mass is 10.1. The Morgan fingerprint density at radius 1 is 1.04 bits per heavy atom. The number of anilines is 2. The molecule has 0 spiro atoms. The number of ether oxygens (including phenoxy) is 1. The van der Waals surface area contributed by atoms with E-state index in [1.165, 1.54) is 0 Å². The number of aryl methyl sites for hydroxylation is 2. The molecule has 0 heterocycles. The molecule has 4 heteroatoms. The molecular weight excluding hydrogens is 312 g/mol. The molecule has 0 bridgehead atoms. The smallest absolute Gasteiger partial charge is 0.243 e. The van der Waals surface area contributed by atoms with Crippen molar-refractivity contribution in [1.82, 2.24) is 0 Å². The van der Waals surface area contributed by atoms with Gasteiger partial charge in [0, 0.05) is 17.4 Å². The number of hydrogen-bond acceptors (Lipinski definition) is 3. The third-order valence-electron chi connectivity index (χ3n) is 3.76. The Balaban J connectivity index is 1.84. The minimum absolute atomic E-state index is 0.0730. The van der Waals surface area contributed by atoms with Crippen molar-refractivity contribution in [3.8, 4) is 5.75 Å². The molecule has 0 radical (unpaired) electrons. The second-order valence-electron chi connectivity index (χ2n) is 6.84. The fourth-order valence-electron chi connectivity index (χ4n) is 2.54. The molecule has 0 aliphatic heterocycles. The predicted octanol–water partition coefficient (Wildman–Crippen LogP) is 4.78. The molecule has 4 nitrogen and oxygen atoms in total. The minimum atomic E-state index is -0.0730. The number of benzene rings is 2. The summed E-state index contributed by atoms with van der Waals surface area (Å²) >= 11 is 0. The van der Waals surface area contributed by atoms with Crippen molar-refractivity contribution in [2.45, 2.75) is 34.1 Å². The summed E-state index contributed by atoms with van der Waals surface area (Å²) in [4.78, 5) is 12.1. The van der Waals surface area contributed by atoms with Gasteiger partial charge >= 0.3 is 0 Å². The van der Waals surface area contributed by atoms with E-state index < -0.39 is 0 Å². The Hall–Kier alpha value is -2.49. The first kappa shape index (κ1) is 18.8. The number of rotatable bonds is 8. The average molecular weight is 340 g/mol. The predicted molar refractivity (Wildman–Crippen MR) is 104 cm³/mol. The maximum atomic E-state index is 12.1. The minimum Gasteiger partial charge on any atom is -0.494 e. The summed E-state index contributed by atoms with van der Waals surface area (Å²) in [5.41, 5.74) is 3.97. The van der Waals surface area contributed by atoms with E-state index in [4.69, 9.17) is 4.74 Å². The van der Waals surface area contributed by atoms with Crippen LogP contribution in [0.1, 0.15) is 31.4 Å². The lowest BCUT2D eigenvalue weighted by molar-refractivity contribution is -0.114. The molecule has 2 aromatic carbocycles. The Labute approximate surface area is 150 Å². The number of amides is 1. The van der Waals surface area contributed by atoms with Crippen LogP contribution in [0.2, 0.25) is 0 Å². The normalized spacial score (nSPS) is 10.6. The van der Waals surface area contributed by atoms with Gasteiger partial charge in [-0.15, -0.1) is 0 Å². The number of hydrogen-bond donors (Lipinski definition) is 2. The van der Waals surface area contributed by atoms with Crippen molar-refractivity contribution in [3.05, 3.63) is 53.6 Å². The van der Waals surface area contributed by atoms with Gasteiger partial charge < -0.3 is 15.4 Å². The van der Waals surface area contributed by atoms with Crippen LogP contribution in [-0.2, 0) is 4.79 Å². The van der Waals surface area contributed by atoms with Crippen molar-refractivity contribution in [2.24, 2.45) is 5.92 Å². The summed E-state index contributed by atoms with van der Waals surface area (Å²) in [5.74, 6) is 1.37. The molecule has 0 atom stereocenters. The second-order valence-corrected chi connectivity index (χ2v) is 6.84.